The third kappa shape index (κ3) is 3.16. The van der Waals surface area contributed by atoms with Crippen molar-refractivity contribution in [2.24, 2.45) is 0 Å². The summed E-state index contributed by atoms with van der Waals surface area (Å²) in [6.45, 7) is 1.79. The molecule has 0 saturated heterocycles. The van der Waals surface area contributed by atoms with Crippen LogP contribution in [0.15, 0.2) is 49.1 Å². The van der Waals surface area contributed by atoms with Crippen molar-refractivity contribution < 1.29 is 14.0 Å². The van der Waals surface area contributed by atoms with Crippen molar-refractivity contribution >= 4 is 17.8 Å². The Morgan fingerprint density at radius 3 is 2.83 bits per heavy atom. The summed E-state index contributed by atoms with van der Waals surface area (Å²) < 4.78 is 17.8. The molecule has 1 aliphatic rings. The van der Waals surface area contributed by atoms with Gasteiger partial charge in [-0.2, -0.15) is 5.10 Å². The van der Waals surface area contributed by atoms with Gasteiger partial charge in [0.1, 0.15) is 11.5 Å². The summed E-state index contributed by atoms with van der Waals surface area (Å²) in [5.41, 5.74) is 3.41. The molecule has 3 heterocycles. The summed E-state index contributed by atoms with van der Waals surface area (Å²) in [4.78, 5) is 27.8. The van der Waals surface area contributed by atoms with Crippen molar-refractivity contribution in [1.29, 1.82) is 0 Å². The molecule has 0 radical (unpaired) electrons. The lowest BCUT2D eigenvalue weighted by Crippen LogP contribution is -2.26. The van der Waals surface area contributed by atoms with Crippen LogP contribution in [-0.4, -0.2) is 37.4 Å². The lowest BCUT2D eigenvalue weighted by molar-refractivity contribution is 0.0946. The fraction of sp³-hybridized carbons (Fsp3) is 0.182. The van der Waals surface area contributed by atoms with Gasteiger partial charge in [0.25, 0.3) is 5.91 Å². The number of imidazole rings is 1. The second-order valence-corrected chi connectivity index (χ2v) is 7.49. The Balaban J connectivity index is 1.54. The third-order valence-corrected chi connectivity index (χ3v) is 5.24. The Bertz CT molecular complexity index is 1300. The van der Waals surface area contributed by atoms with Gasteiger partial charge in [-0.25, -0.2) is 14.1 Å². The molecule has 30 heavy (non-hydrogen) atoms. The third-order valence-electron chi connectivity index (χ3n) is 5.24. The van der Waals surface area contributed by atoms with Crippen LogP contribution in [0.25, 0.3) is 22.6 Å². The first-order valence-corrected chi connectivity index (χ1v) is 9.62. The molecule has 1 fully saturated rings. The van der Waals surface area contributed by atoms with Crippen molar-refractivity contribution in [1.82, 2.24) is 24.5 Å². The second-order valence-electron chi connectivity index (χ2n) is 7.49. The van der Waals surface area contributed by atoms with Gasteiger partial charge in [0, 0.05) is 29.6 Å². The van der Waals surface area contributed by atoms with Crippen LogP contribution < -0.4 is 5.32 Å². The standard InChI is InChI=1S/C22H18FN5O2/c1-13-6-19(23)18(22(30)26-16-3-4-16)7-17(13)15-8-25-28(11-15)21-9-24-20-5-2-14(12-29)10-27(20)21/h2,5-12,16H,3-4H2,1H3,(H,26,30). The van der Waals surface area contributed by atoms with E-state index < -0.39 is 11.7 Å². The Labute approximate surface area is 171 Å². The molecule has 0 spiro atoms. The highest BCUT2D eigenvalue weighted by atomic mass is 19.1. The summed E-state index contributed by atoms with van der Waals surface area (Å²) in [5, 5.41) is 7.24. The molecule has 8 heteroatoms. The molecule has 1 N–H and O–H groups in total. The van der Waals surface area contributed by atoms with Crippen LogP contribution in [0.4, 0.5) is 4.39 Å². The van der Waals surface area contributed by atoms with E-state index in [0.29, 0.717) is 22.6 Å². The first-order valence-electron chi connectivity index (χ1n) is 9.62. The molecule has 1 aromatic carbocycles. The van der Waals surface area contributed by atoms with E-state index in [2.05, 4.69) is 15.4 Å². The SMILES string of the molecule is Cc1cc(F)c(C(=O)NC2CC2)cc1-c1cnn(-c2cnc3ccc(C=O)cn23)c1. The molecule has 0 aliphatic heterocycles. The molecule has 4 aromatic rings. The normalized spacial score (nSPS) is 13.5. The topological polar surface area (TPSA) is 81.3 Å². The molecule has 7 nitrogen and oxygen atoms in total. The van der Waals surface area contributed by atoms with Gasteiger partial charge in [-0.15, -0.1) is 0 Å². The van der Waals surface area contributed by atoms with E-state index in [0.717, 1.165) is 30.3 Å². The monoisotopic (exact) mass is 403 g/mol. The fourth-order valence-corrected chi connectivity index (χ4v) is 3.46. The van der Waals surface area contributed by atoms with Crippen LogP contribution in [0.3, 0.4) is 0 Å². The predicted octanol–water partition coefficient (Wildman–Crippen LogP) is 3.34. The number of pyridine rings is 1. The molecular weight excluding hydrogens is 385 g/mol. The number of aromatic nitrogens is 4. The Kier molecular flexibility index (Phi) is 4.20. The lowest BCUT2D eigenvalue weighted by atomic mass is 9.99. The highest BCUT2D eigenvalue weighted by Crippen LogP contribution is 2.28. The number of benzene rings is 1. The summed E-state index contributed by atoms with van der Waals surface area (Å²) in [6, 6.07) is 6.55. The molecule has 3 aromatic heterocycles. The Morgan fingerprint density at radius 1 is 1.23 bits per heavy atom. The zero-order valence-corrected chi connectivity index (χ0v) is 16.2. The second kappa shape index (κ2) is 6.91. The number of amides is 1. The zero-order valence-electron chi connectivity index (χ0n) is 16.2. The molecular formula is C22H18FN5O2. The van der Waals surface area contributed by atoms with Crippen LogP contribution >= 0.6 is 0 Å². The number of carbonyl (C=O) groups excluding carboxylic acids is 2. The molecule has 0 atom stereocenters. The molecule has 1 aliphatic carbocycles. The summed E-state index contributed by atoms with van der Waals surface area (Å²) in [5.74, 6) is -0.275. The smallest absolute Gasteiger partial charge is 0.254 e. The maximum atomic E-state index is 14.4. The number of fused-ring (bicyclic) bond motifs is 1. The quantitative estimate of drug-likeness (QED) is 0.518. The number of aryl methyl sites for hydroxylation is 1. The largest absolute Gasteiger partial charge is 0.349 e. The van der Waals surface area contributed by atoms with Gasteiger partial charge in [-0.1, -0.05) is 0 Å². The number of nitrogens with zero attached hydrogens (tertiary/aromatic N) is 4. The molecule has 1 saturated carbocycles. The molecule has 1 amide bonds. The Hall–Kier alpha value is -3.81. The first-order chi connectivity index (χ1) is 14.5. The van der Waals surface area contributed by atoms with E-state index in [4.69, 9.17) is 0 Å². The molecule has 5 rings (SSSR count). The zero-order chi connectivity index (χ0) is 20.8. The number of rotatable bonds is 5. The number of hydrogen-bond donors (Lipinski definition) is 1. The van der Waals surface area contributed by atoms with Crippen molar-refractivity contribution in [3.63, 3.8) is 0 Å². The van der Waals surface area contributed by atoms with E-state index in [9.17, 15) is 14.0 Å². The van der Waals surface area contributed by atoms with E-state index in [-0.39, 0.29) is 11.6 Å². The summed E-state index contributed by atoms with van der Waals surface area (Å²) in [7, 11) is 0. The van der Waals surface area contributed by atoms with Gasteiger partial charge in [-0.05, 0) is 55.2 Å². The minimum atomic E-state index is -0.537. The maximum Gasteiger partial charge on any atom is 0.254 e. The van der Waals surface area contributed by atoms with Crippen molar-refractivity contribution in [2.75, 3.05) is 0 Å². The molecule has 0 bridgehead atoms. The van der Waals surface area contributed by atoms with Gasteiger partial charge in [0.2, 0.25) is 0 Å². The minimum Gasteiger partial charge on any atom is -0.349 e. The fourth-order valence-electron chi connectivity index (χ4n) is 3.46. The molecule has 0 unspecified atom stereocenters. The molecule has 150 valence electrons. The predicted molar refractivity (Wildman–Crippen MR) is 108 cm³/mol. The van der Waals surface area contributed by atoms with Gasteiger partial charge < -0.3 is 5.32 Å². The van der Waals surface area contributed by atoms with Crippen molar-refractivity contribution in [2.45, 2.75) is 25.8 Å². The summed E-state index contributed by atoms with van der Waals surface area (Å²) >= 11 is 0. The highest BCUT2D eigenvalue weighted by Gasteiger charge is 2.25. The summed E-state index contributed by atoms with van der Waals surface area (Å²) in [6.07, 6.45) is 9.44. The van der Waals surface area contributed by atoms with Crippen LogP contribution in [0, 0.1) is 12.7 Å². The average molecular weight is 403 g/mol. The van der Waals surface area contributed by atoms with Crippen LogP contribution in [-0.2, 0) is 0 Å². The maximum absolute atomic E-state index is 14.4. The van der Waals surface area contributed by atoms with E-state index in [1.807, 2.05) is 0 Å². The first kappa shape index (κ1) is 18.2. The highest BCUT2D eigenvalue weighted by molar-refractivity contribution is 5.96. The van der Waals surface area contributed by atoms with Crippen LogP contribution in [0.2, 0.25) is 0 Å². The van der Waals surface area contributed by atoms with E-state index >= 15 is 0 Å². The van der Waals surface area contributed by atoms with Gasteiger partial charge >= 0.3 is 0 Å². The van der Waals surface area contributed by atoms with Gasteiger partial charge in [0.05, 0.1) is 18.0 Å². The minimum absolute atomic E-state index is 0.0284. The van der Waals surface area contributed by atoms with E-state index in [1.165, 1.54) is 6.07 Å². The van der Waals surface area contributed by atoms with Gasteiger partial charge in [-0.3, -0.25) is 14.0 Å². The number of hydrogen-bond acceptors (Lipinski definition) is 4. The van der Waals surface area contributed by atoms with Crippen LogP contribution in [0.5, 0.6) is 0 Å². The number of nitrogens with one attached hydrogen (secondary N) is 1. The number of aldehydes is 1. The number of halogens is 1. The van der Waals surface area contributed by atoms with Crippen molar-refractivity contribution in [3.8, 4) is 16.9 Å². The van der Waals surface area contributed by atoms with Gasteiger partial charge in [0.15, 0.2) is 12.1 Å². The average Bonchev–Trinajstić information content (AvgIpc) is 3.25. The lowest BCUT2D eigenvalue weighted by Gasteiger charge is -2.09. The van der Waals surface area contributed by atoms with Crippen LogP contribution in [0.1, 0.15) is 39.1 Å². The number of carbonyl (C=O) groups is 2. The van der Waals surface area contributed by atoms with Crippen molar-refractivity contribution in [3.05, 3.63) is 71.6 Å². The Morgan fingerprint density at radius 2 is 2.07 bits per heavy atom. The van der Waals surface area contributed by atoms with E-state index in [1.54, 1.807) is 59.0 Å².